The maximum atomic E-state index is 10.5. The monoisotopic (exact) mass is 272 g/mol. The number of aliphatic hydroxyl groups is 1. The van der Waals surface area contributed by atoms with Crippen LogP contribution in [0.1, 0.15) is 39.0 Å². The molecule has 98 valence electrons. The van der Waals surface area contributed by atoms with Gasteiger partial charge in [0.15, 0.2) is 0 Å². The molecule has 2 bridgehead atoms. The van der Waals surface area contributed by atoms with Crippen molar-refractivity contribution in [2.75, 3.05) is 11.5 Å². The Bertz CT molecular complexity index is 271. The van der Waals surface area contributed by atoms with Gasteiger partial charge in [-0.25, -0.2) is 0 Å². The Labute approximate surface area is 114 Å². The first-order valence-corrected chi connectivity index (χ1v) is 9.25. The second-order valence-corrected chi connectivity index (χ2v) is 8.92. The molecular weight excluding hydrogens is 248 g/mol. The van der Waals surface area contributed by atoms with E-state index in [1.165, 1.54) is 37.2 Å². The average molecular weight is 272 g/mol. The summed E-state index contributed by atoms with van der Waals surface area (Å²) in [4.78, 5) is 0. The van der Waals surface area contributed by atoms with E-state index >= 15 is 0 Å². The summed E-state index contributed by atoms with van der Waals surface area (Å²) in [5.74, 6) is 5.33. The van der Waals surface area contributed by atoms with Crippen LogP contribution in [0.3, 0.4) is 0 Å². The quantitative estimate of drug-likeness (QED) is 0.850. The van der Waals surface area contributed by atoms with Crippen molar-refractivity contribution in [1.82, 2.24) is 0 Å². The molecule has 0 aromatic carbocycles. The maximum Gasteiger partial charge on any atom is 0.0672 e. The van der Waals surface area contributed by atoms with Crippen molar-refractivity contribution in [3.63, 3.8) is 0 Å². The smallest absolute Gasteiger partial charge is 0.0672 e. The predicted octanol–water partition coefficient (Wildman–Crippen LogP) is 3.41. The van der Waals surface area contributed by atoms with Crippen LogP contribution in [0.5, 0.6) is 0 Å². The molecule has 17 heavy (non-hydrogen) atoms. The van der Waals surface area contributed by atoms with E-state index in [-0.39, 0.29) is 6.10 Å². The lowest BCUT2D eigenvalue weighted by Crippen LogP contribution is -2.36. The fourth-order valence-electron chi connectivity index (χ4n) is 4.18. The predicted molar refractivity (Wildman–Crippen MR) is 77.7 cm³/mol. The summed E-state index contributed by atoms with van der Waals surface area (Å²) in [7, 11) is 0. The Balaban J connectivity index is 1.54. The van der Waals surface area contributed by atoms with E-state index < -0.39 is 0 Å². The first-order valence-electron chi connectivity index (χ1n) is 7.15. The van der Waals surface area contributed by atoms with E-state index in [1.54, 1.807) is 0 Å². The van der Waals surface area contributed by atoms with Crippen LogP contribution < -0.4 is 0 Å². The summed E-state index contributed by atoms with van der Waals surface area (Å²) in [5, 5.41) is 11.6. The number of rotatable bonds is 3. The van der Waals surface area contributed by atoms with Crippen molar-refractivity contribution in [3.05, 3.63) is 0 Å². The number of fused-ring (bicyclic) bond motifs is 2. The van der Waals surface area contributed by atoms with Gasteiger partial charge in [-0.2, -0.15) is 23.5 Å². The Morgan fingerprint density at radius 1 is 1.18 bits per heavy atom. The van der Waals surface area contributed by atoms with E-state index in [4.69, 9.17) is 0 Å². The van der Waals surface area contributed by atoms with E-state index in [2.05, 4.69) is 6.92 Å². The molecule has 3 fully saturated rings. The molecule has 0 spiro atoms. The Kier molecular flexibility index (Phi) is 3.98. The molecule has 0 aromatic rings. The molecule has 2 aliphatic carbocycles. The van der Waals surface area contributed by atoms with Crippen molar-refractivity contribution < 1.29 is 5.11 Å². The Morgan fingerprint density at radius 2 is 2.00 bits per heavy atom. The van der Waals surface area contributed by atoms with Crippen LogP contribution in [-0.4, -0.2) is 33.2 Å². The van der Waals surface area contributed by atoms with E-state index in [9.17, 15) is 5.11 Å². The minimum Gasteiger partial charge on any atom is -0.392 e. The van der Waals surface area contributed by atoms with Gasteiger partial charge in [0, 0.05) is 22.0 Å². The van der Waals surface area contributed by atoms with Gasteiger partial charge in [0.2, 0.25) is 0 Å². The molecule has 6 atom stereocenters. The standard InChI is InChI=1S/C14H24OS2/c1-9-14(17-5-4-16-9)13(15)8-12-7-10-2-3-11(12)6-10/h9-15H,2-8H2,1H3. The van der Waals surface area contributed by atoms with Crippen molar-refractivity contribution in [3.8, 4) is 0 Å². The molecule has 0 aromatic heterocycles. The highest BCUT2D eigenvalue weighted by molar-refractivity contribution is 8.07. The minimum absolute atomic E-state index is 0.0489. The zero-order valence-corrected chi connectivity index (χ0v) is 12.3. The van der Waals surface area contributed by atoms with Crippen molar-refractivity contribution in [2.24, 2.45) is 17.8 Å². The fourth-order valence-corrected chi connectivity index (χ4v) is 7.04. The topological polar surface area (TPSA) is 20.2 Å². The first kappa shape index (κ1) is 12.7. The molecule has 6 unspecified atom stereocenters. The summed E-state index contributed by atoms with van der Waals surface area (Å²) in [6.45, 7) is 2.30. The highest BCUT2D eigenvalue weighted by Crippen LogP contribution is 2.50. The van der Waals surface area contributed by atoms with Crippen LogP contribution in [0.25, 0.3) is 0 Å². The average Bonchev–Trinajstić information content (AvgIpc) is 2.91. The molecule has 1 N–H and O–H groups in total. The molecule has 1 aliphatic heterocycles. The van der Waals surface area contributed by atoms with Crippen molar-refractivity contribution in [2.45, 2.75) is 55.6 Å². The van der Waals surface area contributed by atoms with Gasteiger partial charge < -0.3 is 5.11 Å². The summed E-state index contributed by atoms with van der Waals surface area (Å²) in [6.07, 6.45) is 6.85. The van der Waals surface area contributed by atoms with Gasteiger partial charge in [0.05, 0.1) is 6.10 Å². The lowest BCUT2D eigenvalue weighted by molar-refractivity contribution is 0.122. The number of aliphatic hydroxyl groups excluding tert-OH is 1. The van der Waals surface area contributed by atoms with Crippen LogP contribution in [0.2, 0.25) is 0 Å². The summed E-state index contributed by atoms with van der Waals surface area (Å²) < 4.78 is 0. The highest BCUT2D eigenvalue weighted by Gasteiger charge is 2.41. The lowest BCUT2D eigenvalue weighted by atomic mass is 9.84. The third-order valence-corrected chi connectivity index (χ3v) is 8.28. The molecule has 3 heteroatoms. The largest absolute Gasteiger partial charge is 0.392 e. The van der Waals surface area contributed by atoms with Crippen molar-refractivity contribution in [1.29, 1.82) is 0 Å². The van der Waals surface area contributed by atoms with Crippen LogP contribution in [0.15, 0.2) is 0 Å². The molecule has 1 nitrogen and oxygen atoms in total. The molecule has 1 saturated heterocycles. The molecule has 3 rings (SSSR count). The molecule has 1 heterocycles. The number of hydrogen-bond donors (Lipinski definition) is 1. The van der Waals surface area contributed by atoms with Crippen LogP contribution in [0, 0.1) is 17.8 Å². The molecule has 2 saturated carbocycles. The third-order valence-electron chi connectivity index (χ3n) is 5.05. The molecular formula is C14H24OS2. The normalized spacial score (nSPS) is 47.3. The Hall–Kier alpha value is 0.660. The number of thioether (sulfide) groups is 2. The highest BCUT2D eigenvalue weighted by atomic mass is 32.2. The van der Waals surface area contributed by atoms with Gasteiger partial charge >= 0.3 is 0 Å². The second-order valence-electron chi connectivity index (χ2n) is 6.15. The third kappa shape index (κ3) is 2.66. The van der Waals surface area contributed by atoms with E-state index in [1.807, 2.05) is 23.5 Å². The SMILES string of the molecule is CC1SCCSC1C(O)CC1CC2CCC1C2. The maximum absolute atomic E-state index is 10.5. The van der Waals surface area contributed by atoms with Gasteiger partial charge in [-0.05, 0) is 43.4 Å². The van der Waals surface area contributed by atoms with Crippen LogP contribution in [0.4, 0.5) is 0 Å². The minimum atomic E-state index is -0.0489. The van der Waals surface area contributed by atoms with Crippen LogP contribution in [-0.2, 0) is 0 Å². The second kappa shape index (κ2) is 5.34. The summed E-state index contributed by atoms with van der Waals surface area (Å²) in [6, 6.07) is 0. The van der Waals surface area contributed by atoms with E-state index in [0.29, 0.717) is 10.5 Å². The summed E-state index contributed by atoms with van der Waals surface area (Å²) >= 11 is 4.06. The molecule has 0 amide bonds. The molecule has 3 aliphatic rings. The van der Waals surface area contributed by atoms with Crippen molar-refractivity contribution >= 4 is 23.5 Å². The first-order chi connectivity index (χ1) is 8.24. The van der Waals surface area contributed by atoms with Gasteiger partial charge in [0.1, 0.15) is 0 Å². The van der Waals surface area contributed by atoms with Gasteiger partial charge in [-0.1, -0.05) is 13.3 Å². The van der Waals surface area contributed by atoms with E-state index in [0.717, 1.165) is 24.2 Å². The molecule has 0 radical (unpaired) electrons. The zero-order valence-electron chi connectivity index (χ0n) is 10.7. The Morgan fingerprint density at radius 3 is 2.65 bits per heavy atom. The zero-order chi connectivity index (χ0) is 11.8. The van der Waals surface area contributed by atoms with Gasteiger partial charge in [-0.15, -0.1) is 0 Å². The number of hydrogen-bond acceptors (Lipinski definition) is 3. The summed E-state index contributed by atoms with van der Waals surface area (Å²) in [5.41, 5.74) is 0. The lowest BCUT2D eigenvalue weighted by Gasteiger charge is -2.34. The fraction of sp³-hybridized carbons (Fsp3) is 1.00. The van der Waals surface area contributed by atoms with Gasteiger partial charge in [0.25, 0.3) is 0 Å². The van der Waals surface area contributed by atoms with Crippen LogP contribution >= 0.6 is 23.5 Å². The van der Waals surface area contributed by atoms with Gasteiger partial charge in [-0.3, -0.25) is 0 Å².